The van der Waals surface area contributed by atoms with Crippen LogP contribution in [-0.2, 0) is 11.3 Å². The Balaban J connectivity index is 2.13. The molecule has 5 heteroatoms. The van der Waals surface area contributed by atoms with Gasteiger partial charge in [0.2, 0.25) is 0 Å². The maximum Gasteiger partial charge on any atom is 0.129 e. The molecule has 0 bridgehead atoms. The van der Waals surface area contributed by atoms with Crippen molar-refractivity contribution < 1.29 is 4.74 Å². The van der Waals surface area contributed by atoms with Crippen LogP contribution < -0.4 is 4.90 Å². The highest BCUT2D eigenvalue weighted by Crippen LogP contribution is 2.24. The van der Waals surface area contributed by atoms with Crippen LogP contribution in [0.1, 0.15) is 12.5 Å². The molecule has 2 rings (SSSR count). The first-order valence-corrected chi connectivity index (χ1v) is 6.73. The number of halogens is 1. The van der Waals surface area contributed by atoms with Crippen LogP contribution in [0.4, 0.5) is 5.69 Å². The number of hydrogen-bond acceptors (Lipinski definition) is 4. The zero-order chi connectivity index (χ0) is 13.0. The predicted molar refractivity (Wildman–Crippen MR) is 74.3 cm³/mol. The fourth-order valence-corrected chi connectivity index (χ4v) is 2.50. The molecule has 0 atom stereocenters. The summed E-state index contributed by atoms with van der Waals surface area (Å²) < 4.78 is 5.23. The van der Waals surface area contributed by atoms with E-state index in [2.05, 4.69) is 21.7 Å². The second-order valence-corrected chi connectivity index (χ2v) is 4.88. The van der Waals surface area contributed by atoms with Crippen molar-refractivity contribution in [3.05, 3.63) is 23.0 Å². The van der Waals surface area contributed by atoms with E-state index in [0.29, 0.717) is 11.8 Å². The molecule has 1 aromatic heterocycles. The smallest absolute Gasteiger partial charge is 0.129 e. The molecule has 0 spiro atoms. The Morgan fingerprint density at radius 1 is 1.33 bits per heavy atom. The number of rotatable bonds is 4. The van der Waals surface area contributed by atoms with E-state index in [1.165, 1.54) is 0 Å². The topological polar surface area (TPSA) is 28.6 Å². The van der Waals surface area contributed by atoms with Crippen LogP contribution in [0, 0.1) is 0 Å². The normalized spacial score (nSPS) is 17.2. The minimum absolute atomic E-state index is 0.526. The first-order chi connectivity index (χ1) is 8.74. The number of piperazine rings is 1. The second kappa shape index (κ2) is 6.36. The summed E-state index contributed by atoms with van der Waals surface area (Å²) in [6.45, 7) is 8.18. The van der Waals surface area contributed by atoms with Crippen LogP contribution >= 0.6 is 11.6 Å². The lowest BCUT2D eigenvalue weighted by Gasteiger charge is -2.36. The Morgan fingerprint density at radius 2 is 2.06 bits per heavy atom. The van der Waals surface area contributed by atoms with Crippen molar-refractivity contribution in [2.45, 2.75) is 13.5 Å². The molecule has 0 amide bonds. The molecule has 1 aliphatic rings. The molecule has 1 aliphatic heterocycles. The number of likely N-dealkylation sites (N-methyl/N-ethyl adjacent to an activating group) is 1. The van der Waals surface area contributed by atoms with E-state index in [1.807, 2.05) is 12.3 Å². The number of ether oxygens (including phenoxy) is 1. The molecule has 1 fully saturated rings. The molecule has 100 valence electrons. The molecule has 0 aromatic carbocycles. The first-order valence-electron chi connectivity index (χ1n) is 6.35. The van der Waals surface area contributed by atoms with E-state index in [1.54, 1.807) is 7.11 Å². The van der Waals surface area contributed by atoms with Crippen molar-refractivity contribution in [2.24, 2.45) is 0 Å². The molecule has 1 saturated heterocycles. The summed E-state index contributed by atoms with van der Waals surface area (Å²) >= 11 is 5.94. The molecule has 4 nitrogen and oxygen atoms in total. The van der Waals surface area contributed by atoms with Gasteiger partial charge in [-0.3, -0.25) is 0 Å². The van der Waals surface area contributed by atoms with Gasteiger partial charge in [0.25, 0.3) is 0 Å². The van der Waals surface area contributed by atoms with E-state index in [-0.39, 0.29) is 0 Å². The SMILES string of the molecule is CCN1CCN(c2cnc(Cl)cc2COC)CC1. The van der Waals surface area contributed by atoms with Gasteiger partial charge < -0.3 is 14.5 Å². The van der Waals surface area contributed by atoms with Crippen molar-refractivity contribution in [1.29, 1.82) is 0 Å². The molecular formula is C13H20ClN3O. The highest BCUT2D eigenvalue weighted by Gasteiger charge is 2.18. The summed E-state index contributed by atoms with van der Waals surface area (Å²) in [5.74, 6) is 0. The van der Waals surface area contributed by atoms with Gasteiger partial charge in [-0.05, 0) is 12.6 Å². The second-order valence-electron chi connectivity index (χ2n) is 4.49. The molecule has 0 radical (unpaired) electrons. The van der Waals surface area contributed by atoms with Crippen molar-refractivity contribution in [2.75, 3.05) is 44.7 Å². The Morgan fingerprint density at radius 3 is 2.67 bits per heavy atom. The molecule has 0 unspecified atom stereocenters. The van der Waals surface area contributed by atoms with Gasteiger partial charge in [0.1, 0.15) is 5.15 Å². The van der Waals surface area contributed by atoms with Crippen LogP contribution in [0.2, 0.25) is 5.15 Å². The van der Waals surface area contributed by atoms with Gasteiger partial charge in [0.05, 0.1) is 18.5 Å². The van der Waals surface area contributed by atoms with Crippen LogP contribution in [-0.4, -0.2) is 49.7 Å². The molecule has 0 aliphatic carbocycles. The Hall–Kier alpha value is -0.840. The lowest BCUT2D eigenvalue weighted by molar-refractivity contribution is 0.184. The molecule has 18 heavy (non-hydrogen) atoms. The van der Waals surface area contributed by atoms with Gasteiger partial charge in [0, 0.05) is 38.9 Å². The van der Waals surface area contributed by atoms with Crippen LogP contribution in [0.5, 0.6) is 0 Å². The monoisotopic (exact) mass is 269 g/mol. The summed E-state index contributed by atoms with van der Waals surface area (Å²) in [6.07, 6.45) is 1.86. The van der Waals surface area contributed by atoms with E-state index < -0.39 is 0 Å². The zero-order valence-corrected chi connectivity index (χ0v) is 11.8. The standard InChI is InChI=1S/C13H20ClN3O/c1-3-16-4-6-17(7-5-16)12-9-15-13(14)8-11(12)10-18-2/h8-9H,3-7,10H2,1-2H3. The van der Waals surface area contributed by atoms with Gasteiger partial charge in [-0.2, -0.15) is 0 Å². The maximum atomic E-state index is 5.94. The lowest BCUT2D eigenvalue weighted by Crippen LogP contribution is -2.46. The van der Waals surface area contributed by atoms with E-state index >= 15 is 0 Å². The number of hydrogen-bond donors (Lipinski definition) is 0. The van der Waals surface area contributed by atoms with E-state index in [9.17, 15) is 0 Å². The maximum absolute atomic E-state index is 5.94. The van der Waals surface area contributed by atoms with Gasteiger partial charge in [-0.25, -0.2) is 4.98 Å². The van der Waals surface area contributed by atoms with E-state index in [0.717, 1.165) is 44.0 Å². The molecule has 0 saturated carbocycles. The highest BCUT2D eigenvalue weighted by atomic mass is 35.5. The summed E-state index contributed by atoms with van der Waals surface area (Å²) in [4.78, 5) is 9.01. The minimum atomic E-state index is 0.526. The Kier molecular flexibility index (Phi) is 4.80. The van der Waals surface area contributed by atoms with Crippen molar-refractivity contribution in [3.8, 4) is 0 Å². The average molecular weight is 270 g/mol. The number of aromatic nitrogens is 1. The summed E-state index contributed by atoms with van der Waals surface area (Å²) in [5.41, 5.74) is 2.26. The third-order valence-electron chi connectivity index (χ3n) is 3.39. The Bertz CT molecular complexity index is 392. The number of nitrogens with zero attached hydrogens (tertiary/aromatic N) is 3. The fraction of sp³-hybridized carbons (Fsp3) is 0.615. The lowest BCUT2D eigenvalue weighted by atomic mass is 10.2. The van der Waals surface area contributed by atoms with Crippen molar-refractivity contribution >= 4 is 17.3 Å². The van der Waals surface area contributed by atoms with E-state index in [4.69, 9.17) is 16.3 Å². The number of pyridine rings is 1. The first kappa shape index (κ1) is 13.6. The summed E-state index contributed by atoms with van der Waals surface area (Å²) in [7, 11) is 1.70. The molecule has 2 heterocycles. The number of methoxy groups -OCH3 is 1. The Labute approximate surface area is 114 Å². The van der Waals surface area contributed by atoms with Crippen molar-refractivity contribution in [1.82, 2.24) is 9.88 Å². The number of anilines is 1. The zero-order valence-electron chi connectivity index (χ0n) is 11.0. The van der Waals surface area contributed by atoms with Gasteiger partial charge in [-0.1, -0.05) is 18.5 Å². The highest BCUT2D eigenvalue weighted by molar-refractivity contribution is 6.29. The van der Waals surface area contributed by atoms with Crippen LogP contribution in [0.25, 0.3) is 0 Å². The quantitative estimate of drug-likeness (QED) is 0.782. The molecular weight excluding hydrogens is 250 g/mol. The van der Waals surface area contributed by atoms with Gasteiger partial charge >= 0.3 is 0 Å². The fourth-order valence-electron chi connectivity index (χ4n) is 2.32. The molecule has 1 aromatic rings. The largest absolute Gasteiger partial charge is 0.380 e. The van der Waals surface area contributed by atoms with Crippen molar-refractivity contribution in [3.63, 3.8) is 0 Å². The summed E-state index contributed by atoms with van der Waals surface area (Å²) in [5, 5.41) is 0.526. The van der Waals surface area contributed by atoms with Crippen LogP contribution in [0.3, 0.4) is 0 Å². The van der Waals surface area contributed by atoms with Gasteiger partial charge in [-0.15, -0.1) is 0 Å². The third-order valence-corrected chi connectivity index (χ3v) is 3.60. The van der Waals surface area contributed by atoms with Gasteiger partial charge in [0.15, 0.2) is 0 Å². The average Bonchev–Trinajstić information content (AvgIpc) is 2.40. The predicted octanol–water partition coefficient (Wildman–Crippen LogP) is 2.02. The third kappa shape index (κ3) is 3.13. The minimum Gasteiger partial charge on any atom is -0.380 e. The summed E-state index contributed by atoms with van der Waals surface area (Å²) in [6, 6.07) is 1.90. The molecule has 0 N–H and O–H groups in total. The van der Waals surface area contributed by atoms with Crippen LogP contribution in [0.15, 0.2) is 12.3 Å².